The van der Waals surface area contributed by atoms with Gasteiger partial charge in [0.25, 0.3) is 0 Å². The van der Waals surface area contributed by atoms with Crippen molar-refractivity contribution in [1.29, 1.82) is 0 Å². The molecular formula is C10H12S2Se. The van der Waals surface area contributed by atoms with Crippen molar-refractivity contribution in [3.8, 4) is 0 Å². The minimum atomic E-state index is 0.698. The Morgan fingerprint density at radius 2 is 1.54 bits per heavy atom. The van der Waals surface area contributed by atoms with Gasteiger partial charge < -0.3 is 0 Å². The van der Waals surface area contributed by atoms with E-state index in [1.807, 2.05) is 0 Å². The summed E-state index contributed by atoms with van der Waals surface area (Å²) in [5.74, 6) is 2.82. The summed E-state index contributed by atoms with van der Waals surface area (Å²) < 4.78 is 0. The number of hydrogen-bond acceptors (Lipinski definition) is 2. The fourth-order valence-corrected chi connectivity index (χ4v) is 4.54. The molecule has 0 N–H and O–H groups in total. The molecule has 2 saturated heterocycles. The van der Waals surface area contributed by atoms with Crippen LogP contribution in [0, 0.1) is 0 Å². The van der Waals surface area contributed by atoms with Crippen LogP contribution in [0.1, 0.15) is 11.1 Å². The van der Waals surface area contributed by atoms with Gasteiger partial charge in [0.05, 0.1) is 0 Å². The first-order valence-electron chi connectivity index (χ1n) is 4.69. The van der Waals surface area contributed by atoms with Crippen molar-refractivity contribution in [3.05, 3.63) is 21.0 Å². The number of hydrogen-bond donors (Lipinski definition) is 0. The summed E-state index contributed by atoms with van der Waals surface area (Å²) in [5, 5.41) is 1.96. The Labute approximate surface area is 93.6 Å². The average molecular weight is 275 g/mol. The van der Waals surface area contributed by atoms with E-state index in [1.54, 1.807) is 11.1 Å². The zero-order valence-electron chi connectivity index (χ0n) is 7.36. The van der Waals surface area contributed by atoms with Crippen LogP contribution in [-0.2, 0) is 12.8 Å². The SMILES string of the molecule is c1[se]cc(CC2CS2)c1CC1CS1. The van der Waals surface area contributed by atoms with Crippen molar-refractivity contribution in [2.45, 2.75) is 23.3 Å². The molecule has 0 bridgehead atoms. The molecule has 3 heteroatoms. The standard InChI is InChI=1S/C10H12S2Se/c1(9-3-11-9)7-5-13-6-8(7)2-10-4-12-10/h5-6,9-10H,1-4H2. The Morgan fingerprint density at radius 3 is 1.92 bits per heavy atom. The van der Waals surface area contributed by atoms with Crippen LogP contribution in [0.25, 0.3) is 0 Å². The zero-order valence-corrected chi connectivity index (χ0v) is 10.7. The summed E-state index contributed by atoms with van der Waals surface area (Å²) in [6.07, 6.45) is 2.74. The summed E-state index contributed by atoms with van der Waals surface area (Å²) in [4.78, 5) is 5.02. The first-order valence-corrected chi connectivity index (χ1v) is 8.76. The molecule has 1 aromatic rings. The quantitative estimate of drug-likeness (QED) is 0.609. The van der Waals surface area contributed by atoms with Gasteiger partial charge in [0, 0.05) is 0 Å². The van der Waals surface area contributed by atoms with E-state index in [2.05, 4.69) is 33.4 Å². The Bertz CT molecular complexity index is 271. The molecule has 0 saturated carbocycles. The van der Waals surface area contributed by atoms with E-state index in [4.69, 9.17) is 0 Å². The first-order chi connectivity index (χ1) is 6.42. The molecule has 0 spiro atoms. The normalized spacial score (nSPS) is 30.5. The van der Waals surface area contributed by atoms with Gasteiger partial charge in [0.1, 0.15) is 0 Å². The fraction of sp³-hybridized carbons (Fsp3) is 0.600. The van der Waals surface area contributed by atoms with Crippen molar-refractivity contribution < 1.29 is 0 Å². The second-order valence-electron chi connectivity index (χ2n) is 3.74. The molecule has 3 heterocycles. The molecule has 3 rings (SSSR count). The predicted octanol–water partition coefficient (Wildman–Crippen LogP) is 2.06. The van der Waals surface area contributed by atoms with Gasteiger partial charge in [-0.25, -0.2) is 0 Å². The van der Waals surface area contributed by atoms with Gasteiger partial charge in [-0.3, -0.25) is 0 Å². The van der Waals surface area contributed by atoms with Gasteiger partial charge in [-0.1, -0.05) is 0 Å². The van der Waals surface area contributed by atoms with Crippen LogP contribution in [-0.4, -0.2) is 36.5 Å². The maximum absolute atomic E-state index is 2.51. The topological polar surface area (TPSA) is 0 Å². The summed E-state index contributed by atoms with van der Waals surface area (Å²) in [5.41, 5.74) is 3.42. The molecule has 0 radical (unpaired) electrons. The third kappa shape index (κ3) is 2.38. The summed E-state index contributed by atoms with van der Waals surface area (Å²) in [7, 11) is 0. The second kappa shape index (κ2) is 3.69. The molecule has 0 amide bonds. The average Bonchev–Trinajstić information content (AvgIpc) is 2.95. The number of thioether (sulfide) groups is 2. The first kappa shape index (κ1) is 8.96. The van der Waals surface area contributed by atoms with Gasteiger partial charge in [-0.05, 0) is 0 Å². The Balaban J connectivity index is 1.70. The third-order valence-corrected chi connectivity index (χ3v) is 6.24. The van der Waals surface area contributed by atoms with E-state index in [9.17, 15) is 0 Å². The van der Waals surface area contributed by atoms with Gasteiger partial charge in [-0.2, -0.15) is 0 Å². The van der Waals surface area contributed by atoms with E-state index in [0.29, 0.717) is 14.5 Å². The van der Waals surface area contributed by atoms with Crippen molar-refractivity contribution in [2.75, 3.05) is 11.5 Å². The molecule has 0 nitrogen and oxygen atoms in total. The van der Waals surface area contributed by atoms with Crippen molar-refractivity contribution >= 4 is 38.0 Å². The summed E-state index contributed by atoms with van der Waals surface area (Å²) >= 11 is 4.95. The molecule has 2 fully saturated rings. The van der Waals surface area contributed by atoms with E-state index in [0.717, 1.165) is 10.5 Å². The van der Waals surface area contributed by atoms with Crippen molar-refractivity contribution in [2.24, 2.45) is 0 Å². The molecule has 2 aliphatic heterocycles. The monoisotopic (exact) mass is 276 g/mol. The zero-order chi connectivity index (χ0) is 8.67. The molecule has 0 aliphatic carbocycles. The van der Waals surface area contributed by atoms with Crippen molar-refractivity contribution in [1.82, 2.24) is 0 Å². The summed E-state index contributed by atoms with van der Waals surface area (Å²) in [6, 6.07) is 0. The van der Waals surface area contributed by atoms with Crippen LogP contribution in [0.4, 0.5) is 0 Å². The van der Waals surface area contributed by atoms with Gasteiger partial charge in [0.2, 0.25) is 0 Å². The maximum atomic E-state index is 2.51. The van der Waals surface area contributed by atoms with E-state index in [1.165, 1.54) is 24.3 Å². The molecule has 70 valence electrons. The molecule has 0 aromatic carbocycles. The van der Waals surface area contributed by atoms with Crippen LogP contribution in [0.2, 0.25) is 0 Å². The molecular weight excluding hydrogens is 263 g/mol. The summed E-state index contributed by atoms with van der Waals surface area (Å²) in [6.45, 7) is 0. The minimum absolute atomic E-state index is 0.698. The molecule has 2 atom stereocenters. The second-order valence-corrected chi connectivity index (χ2v) is 7.97. The molecule has 2 unspecified atom stereocenters. The fourth-order valence-electron chi connectivity index (χ4n) is 1.57. The molecule has 2 aliphatic rings. The van der Waals surface area contributed by atoms with Gasteiger partial charge >= 0.3 is 93.9 Å². The van der Waals surface area contributed by atoms with Crippen LogP contribution in [0.3, 0.4) is 0 Å². The van der Waals surface area contributed by atoms with Gasteiger partial charge in [0.15, 0.2) is 0 Å². The van der Waals surface area contributed by atoms with Gasteiger partial charge in [-0.15, -0.1) is 0 Å². The van der Waals surface area contributed by atoms with Crippen LogP contribution >= 0.6 is 23.5 Å². The number of rotatable bonds is 4. The predicted molar refractivity (Wildman–Crippen MR) is 63.3 cm³/mol. The van der Waals surface area contributed by atoms with Crippen LogP contribution in [0.15, 0.2) is 9.88 Å². The third-order valence-electron chi connectivity index (χ3n) is 2.53. The van der Waals surface area contributed by atoms with Crippen LogP contribution in [0.5, 0.6) is 0 Å². The van der Waals surface area contributed by atoms with E-state index >= 15 is 0 Å². The Morgan fingerprint density at radius 1 is 1.08 bits per heavy atom. The Kier molecular flexibility index (Phi) is 2.55. The van der Waals surface area contributed by atoms with Crippen LogP contribution < -0.4 is 0 Å². The van der Waals surface area contributed by atoms with E-state index in [-0.39, 0.29) is 0 Å². The molecule has 13 heavy (non-hydrogen) atoms. The van der Waals surface area contributed by atoms with E-state index < -0.39 is 0 Å². The molecule has 1 aromatic heterocycles. The Hall–Kier alpha value is 0.699. The van der Waals surface area contributed by atoms with Crippen molar-refractivity contribution in [3.63, 3.8) is 0 Å².